The van der Waals surface area contributed by atoms with Gasteiger partial charge < -0.3 is 9.53 Å². The number of carbonyl (C=O) groups excluding carboxylic acids is 1. The molecule has 0 spiro atoms. The van der Waals surface area contributed by atoms with E-state index in [4.69, 9.17) is 0 Å². The lowest BCUT2D eigenvalue weighted by atomic mass is 9.78. The second-order valence-electron chi connectivity index (χ2n) is 7.33. The molecular formula is C19H46O5S3. The Bertz CT molecular complexity index is 381. The highest BCUT2D eigenvalue weighted by molar-refractivity contribution is 7.97. The number of Topliss-reactive ketones (excluding diaryl/α,β-unsaturated/α-hetero) is 1. The normalized spacial score (nSPS) is 14.0. The van der Waals surface area contributed by atoms with Crippen molar-refractivity contribution >= 4 is 38.2 Å². The van der Waals surface area contributed by atoms with Crippen LogP contribution in [0.4, 0.5) is 0 Å². The van der Waals surface area contributed by atoms with Crippen LogP contribution >= 0.6 is 11.8 Å². The summed E-state index contributed by atoms with van der Waals surface area (Å²) in [7, 11) is -0.0278. The first-order chi connectivity index (χ1) is 12.0. The van der Waals surface area contributed by atoms with Crippen LogP contribution in [0.3, 0.4) is 0 Å². The molecule has 1 saturated carbocycles. The monoisotopic (exact) mass is 450 g/mol. The number of rotatable bonds is 0. The Morgan fingerprint density at radius 1 is 0.963 bits per heavy atom. The summed E-state index contributed by atoms with van der Waals surface area (Å²) in [6.07, 6.45) is 17.0. The predicted molar refractivity (Wildman–Crippen MR) is 126 cm³/mol. The number of methoxy groups -OCH3 is 1. The van der Waals surface area contributed by atoms with Crippen LogP contribution < -0.4 is 0 Å². The molecule has 0 saturated heterocycles. The molecule has 1 rings (SSSR count). The molecule has 0 N–H and O–H groups in total. The van der Waals surface area contributed by atoms with E-state index < -0.39 is 20.6 Å². The van der Waals surface area contributed by atoms with E-state index in [0.29, 0.717) is 5.41 Å². The van der Waals surface area contributed by atoms with E-state index in [1.165, 1.54) is 46.0 Å². The van der Waals surface area contributed by atoms with Gasteiger partial charge in [-0.3, -0.25) is 4.21 Å². The summed E-state index contributed by atoms with van der Waals surface area (Å²) in [4.78, 5) is 9.44. The van der Waals surface area contributed by atoms with Gasteiger partial charge in [-0.2, -0.15) is 11.8 Å². The molecule has 0 bridgehead atoms. The quantitative estimate of drug-likeness (QED) is 0.542. The summed E-state index contributed by atoms with van der Waals surface area (Å²) in [5, 5.41) is 0. The fourth-order valence-corrected chi connectivity index (χ4v) is 1.51. The Kier molecular flexibility index (Phi) is 36.5. The second kappa shape index (κ2) is 26.1. The molecule has 27 heavy (non-hydrogen) atoms. The highest BCUT2D eigenvalue weighted by Crippen LogP contribution is 2.34. The third-order valence-electron chi connectivity index (χ3n) is 2.21. The van der Waals surface area contributed by atoms with Crippen molar-refractivity contribution in [3.8, 4) is 0 Å². The fraction of sp³-hybridized carbons (Fsp3) is 0.947. The minimum absolute atomic E-state index is 0.167. The lowest BCUT2D eigenvalue weighted by Crippen LogP contribution is -2.14. The second-order valence-corrected chi connectivity index (χ2v) is 11.9. The van der Waals surface area contributed by atoms with Crippen LogP contribution in [0.1, 0.15) is 59.8 Å². The van der Waals surface area contributed by atoms with Gasteiger partial charge in [-0.15, -0.1) is 0 Å². The lowest BCUT2D eigenvalue weighted by molar-refractivity contribution is -0.115. The fourth-order valence-electron chi connectivity index (χ4n) is 1.51. The van der Waals surface area contributed by atoms with Gasteiger partial charge in [-0.05, 0) is 44.6 Å². The zero-order chi connectivity index (χ0) is 23.1. The number of hydrogen-bond acceptors (Lipinski definition) is 6. The minimum Gasteiger partial charge on any atom is -0.388 e. The Labute approximate surface area is 177 Å². The maximum Gasteiger partial charge on any atom is 0.144 e. The molecule has 1 fully saturated rings. The third-order valence-corrected chi connectivity index (χ3v) is 2.21. The van der Waals surface area contributed by atoms with Crippen molar-refractivity contribution in [3.05, 3.63) is 0 Å². The summed E-state index contributed by atoms with van der Waals surface area (Å²) >= 11 is 1.75. The number of thioether (sulfide) groups is 1. The largest absolute Gasteiger partial charge is 0.388 e. The zero-order valence-corrected chi connectivity index (χ0v) is 22.3. The standard InChI is InChI=1S/C8H16.C3H6O.C2H6O2S.C2H6OS.C2H6O.C2H6S/c1-8(2)6-4-3-5-7-8;1-3(2)4;1-5(2,3)4;1-4(2)3;2*1-3-2/h3-7H2,1-2H3;1-2H3;1-2H3;1-2H3;2*1-2H3. The van der Waals surface area contributed by atoms with Gasteiger partial charge in [-0.25, -0.2) is 8.42 Å². The van der Waals surface area contributed by atoms with Crippen LogP contribution in [0.15, 0.2) is 0 Å². The minimum atomic E-state index is -2.67. The average molecular weight is 451 g/mol. The van der Waals surface area contributed by atoms with E-state index in [2.05, 4.69) is 18.6 Å². The van der Waals surface area contributed by atoms with Crippen molar-refractivity contribution in [2.45, 2.75) is 59.8 Å². The lowest BCUT2D eigenvalue weighted by Gasteiger charge is -2.28. The first-order valence-electron chi connectivity index (χ1n) is 8.68. The molecule has 5 nitrogen and oxygen atoms in total. The average Bonchev–Trinajstić information content (AvgIpc) is 2.36. The molecule has 0 atom stereocenters. The molecule has 1 aliphatic carbocycles. The molecule has 0 aromatic heterocycles. The van der Waals surface area contributed by atoms with Crippen LogP contribution in [-0.2, 0) is 30.2 Å². The molecule has 170 valence electrons. The van der Waals surface area contributed by atoms with Gasteiger partial charge in [0.2, 0.25) is 0 Å². The van der Waals surface area contributed by atoms with Gasteiger partial charge in [0, 0.05) is 50.0 Å². The molecular weight excluding hydrogens is 404 g/mol. The molecule has 8 heteroatoms. The summed E-state index contributed by atoms with van der Waals surface area (Å²) in [5.74, 6) is 0.167. The van der Waals surface area contributed by atoms with Crippen LogP contribution in [0.2, 0.25) is 0 Å². The molecule has 0 unspecified atom stereocenters. The maximum absolute atomic E-state index is 9.63. The van der Waals surface area contributed by atoms with E-state index in [9.17, 15) is 17.4 Å². The number of ether oxygens (including phenoxy) is 1. The third kappa shape index (κ3) is 149. The van der Waals surface area contributed by atoms with Gasteiger partial charge in [0.15, 0.2) is 0 Å². The van der Waals surface area contributed by atoms with E-state index in [1.54, 1.807) is 38.5 Å². The zero-order valence-electron chi connectivity index (χ0n) is 19.8. The van der Waals surface area contributed by atoms with Gasteiger partial charge in [0.05, 0.1) is 0 Å². The van der Waals surface area contributed by atoms with Gasteiger partial charge in [0.25, 0.3) is 0 Å². The van der Waals surface area contributed by atoms with Gasteiger partial charge >= 0.3 is 0 Å². The topological polar surface area (TPSA) is 77.5 Å². The van der Waals surface area contributed by atoms with E-state index >= 15 is 0 Å². The summed E-state index contributed by atoms with van der Waals surface area (Å²) in [6.45, 7) is 7.82. The van der Waals surface area contributed by atoms with Crippen molar-refractivity contribution in [3.63, 3.8) is 0 Å². The summed E-state index contributed by atoms with van der Waals surface area (Å²) in [5.41, 5.74) is 0.679. The van der Waals surface area contributed by atoms with Crippen molar-refractivity contribution in [1.82, 2.24) is 0 Å². The predicted octanol–water partition coefficient (Wildman–Crippen LogP) is 4.47. The summed E-state index contributed by atoms with van der Waals surface area (Å²) < 4.78 is 33.1. The van der Waals surface area contributed by atoms with Gasteiger partial charge in [-0.1, -0.05) is 33.1 Å². The summed E-state index contributed by atoms with van der Waals surface area (Å²) in [6, 6.07) is 0. The Balaban J connectivity index is -0.0000000756. The smallest absolute Gasteiger partial charge is 0.144 e. The molecule has 0 aliphatic heterocycles. The Hall–Kier alpha value is 0.0800. The van der Waals surface area contributed by atoms with E-state index in [1.807, 2.05) is 12.5 Å². The highest BCUT2D eigenvalue weighted by atomic mass is 32.2. The molecule has 0 amide bonds. The maximum atomic E-state index is 9.63. The van der Waals surface area contributed by atoms with Crippen LogP contribution in [0.25, 0.3) is 0 Å². The van der Waals surface area contributed by atoms with Crippen LogP contribution in [0, 0.1) is 5.41 Å². The van der Waals surface area contributed by atoms with Crippen molar-refractivity contribution in [1.29, 1.82) is 0 Å². The van der Waals surface area contributed by atoms with Crippen LogP contribution in [-0.4, -0.2) is 70.2 Å². The first-order valence-corrected chi connectivity index (χ1v) is 14.6. The molecule has 0 heterocycles. The highest BCUT2D eigenvalue weighted by Gasteiger charge is 2.19. The molecule has 0 radical (unpaired) electrons. The SMILES string of the molecule is CC(C)=O.CC1(C)CCCCC1.COC.CS(C)(=O)=O.CS(C)=O.CSC. The van der Waals surface area contributed by atoms with Crippen molar-refractivity contribution < 1.29 is 22.2 Å². The number of hydrogen-bond donors (Lipinski definition) is 0. The van der Waals surface area contributed by atoms with E-state index in [0.717, 1.165) is 12.5 Å². The first kappa shape index (κ1) is 37.8. The number of sulfone groups is 1. The van der Waals surface area contributed by atoms with Crippen molar-refractivity contribution in [2.24, 2.45) is 5.41 Å². The van der Waals surface area contributed by atoms with Crippen LogP contribution in [0.5, 0.6) is 0 Å². The molecule has 1 aliphatic rings. The molecule has 0 aromatic carbocycles. The van der Waals surface area contributed by atoms with E-state index in [-0.39, 0.29) is 5.78 Å². The molecule has 0 aromatic rings. The number of carbonyl (C=O) groups is 1. The van der Waals surface area contributed by atoms with Gasteiger partial charge in [0.1, 0.15) is 15.6 Å². The number of ketones is 1. The Morgan fingerprint density at radius 2 is 1.11 bits per heavy atom. The van der Waals surface area contributed by atoms with Crippen molar-refractivity contribution in [2.75, 3.05) is 51.8 Å². The Morgan fingerprint density at radius 3 is 1.19 bits per heavy atom.